The minimum atomic E-state index is -3.49. The number of sulfone groups is 1. The molecule has 2 aromatic heterocycles. The first-order valence-electron chi connectivity index (χ1n) is 9.30. The van der Waals surface area contributed by atoms with Crippen molar-refractivity contribution in [2.24, 2.45) is 0 Å². The quantitative estimate of drug-likeness (QED) is 0.539. The predicted octanol–water partition coefficient (Wildman–Crippen LogP) is 3.06. The summed E-state index contributed by atoms with van der Waals surface area (Å²) >= 11 is 0. The van der Waals surface area contributed by atoms with E-state index >= 15 is 0 Å². The molecule has 2 heterocycles. The van der Waals surface area contributed by atoms with Crippen molar-refractivity contribution in [2.45, 2.75) is 31.2 Å². The van der Waals surface area contributed by atoms with Gasteiger partial charge in [-0.3, -0.25) is 0 Å². The molecule has 9 nitrogen and oxygen atoms in total. The number of benzene rings is 1. The Morgan fingerprint density at radius 3 is 2.77 bits per heavy atom. The van der Waals surface area contributed by atoms with Crippen LogP contribution in [0, 0.1) is 11.3 Å². The van der Waals surface area contributed by atoms with Crippen molar-refractivity contribution in [3.05, 3.63) is 41.6 Å². The van der Waals surface area contributed by atoms with Crippen LogP contribution >= 0.6 is 0 Å². The van der Waals surface area contributed by atoms with Gasteiger partial charge in [-0.05, 0) is 31.0 Å². The molecule has 2 N–H and O–H groups in total. The van der Waals surface area contributed by atoms with Crippen LogP contribution in [0.5, 0.6) is 5.75 Å². The average Bonchev–Trinajstić information content (AvgIpc) is 3.39. The zero-order valence-electron chi connectivity index (χ0n) is 16.3. The van der Waals surface area contributed by atoms with Gasteiger partial charge in [-0.1, -0.05) is 0 Å². The van der Waals surface area contributed by atoms with Crippen LogP contribution in [0.15, 0.2) is 30.5 Å². The number of rotatable bonds is 8. The Morgan fingerprint density at radius 1 is 1.35 bits per heavy atom. The van der Waals surface area contributed by atoms with Crippen LogP contribution in [0.4, 0.5) is 26.1 Å². The van der Waals surface area contributed by atoms with Gasteiger partial charge in [0.15, 0.2) is 15.5 Å². The smallest absolute Gasteiger partial charge is 0.387 e. The van der Waals surface area contributed by atoms with E-state index in [-0.39, 0.29) is 11.3 Å². The third-order valence-electron chi connectivity index (χ3n) is 4.49. The maximum Gasteiger partial charge on any atom is 0.387 e. The summed E-state index contributed by atoms with van der Waals surface area (Å²) < 4.78 is 54.8. The van der Waals surface area contributed by atoms with E-state index in [0.717, 1.165) is 19.1 Å². The van der Waals surface area contributed by atoms with E-state index in [2.05, 4.69) is 25.5 Å². The molecule has 0 aliphatic heterocycles. The van der Waals surface area contributed by atoms with Crippen molar-refractivity contribution >= 4 is 32.8 Å². The number of halogens is 2. The van der Waals surface area contributed by atoms with Gasteiger partial charge in [0.05, 0.1) is 11.9 Å². The molecule has 3 aromatic rings. The fraction of sp³-hybridized carbons (Fsp3) is 0.316. The summed E-state index contributed by atoms with van der Waals surface area (Å²) in [6, 6.07) is 8.24. The van der Waals surface area contributed by atoms with Gasteiger partial charge < -0.3 is 15.4 Å². The Morgan fingerprint density at radius 2 is 2.13 bits per heavy atom. The van der Waals surface area contributed by atoms with Crippen LogP contribution in [-0.4, -0.2) is 41.9 Å². The molecule has 1 saturated carbocycles. The lowest BCUT2D eigenvalue weighted by Gasteiger charge is -2.14. The maximum absolute atomic E-state index is 12.7. The first kappa shape index (κ1) is 20.8. The molecular formula is C19H18F2N6O3S. The summed E-state index contributed by atoms with van der Waals surface area (Å²) in [5.74, 6) is 0.339. The number of nitrogens with one attached hydrogen (secondary N) is 2. The second kappa shape index (κ2) is 7.99. The first-order valence-corrected chi connectivity index (χ1v) is 11.4. The molecule has 1 fully saturated rings. The Bertz CT molecular complexity index is 1280. The van der Waals surface area contributed by atoms with Gasteiger partial charge in [0, 0.05) is 29.6 Å². The summed E-state index contributed by atoms with van der Waals surface area (Å²) in [5.41, 5.74) is 1.16. The van der Waals surface area contributed by atoms with E-state index in [4.69, 9.17) is 0 Å². The molecule has 0 amide bonds. The Kier molecular flexibility index (Phi) is 5.36. The summed E-state index contributed by atoms with van der Waals surface area (Å²) in [6.45, 7) is -3.08. The molecule has 31 heavy (non-hydrogen) atoms. The molecule has 0 saturated heterocycles. The highest BCUT2D eigenvalue weighted by Gasteiger charge is 2.23. The highest BCUT2D eigenvalue weighted by atomic mass is 32.2. The molecule has 0 atom stereocenters. The fourth-order valence-corrected chi connectivity index (χ4v) is 3.85. The third kappa shape index (κ3) is 5.00. The van der Waals surface area contributed by atoms with Crippen LogP contribution in [0.2, 0.25) is 0 Å². The number of nitriles is 1. The minimum absolute atomic E-state index is 0.0901. The van der Waals surface area contributed by atoms with Gasteiger partial charge >= 0.3 is 6.61 Å². The monoisotopic (exact) mass is 448 g/mol. The molecule has 0 spiro atoms. The lowest BCUT2D eigenvalue weighted by molar-refractivity contribution is -0.0503. The lowest BCUT2D eigenvalue weighted by Crippen LogP contribution is -2.10. The molecule has 1 aliphatic carbocycles. The molecule has 162 valence electrons. The summed E-state index contributed by atoms with van der Waals surface area (Å²) in [4.78, 5) is 4.42. The van der Waals surface area contributed by atoms with Crippen molar-refractivity contribution in [1.82, 2.24) is 14.6 Å². The lowest BCUT2D eigenvalue weighted by atomic mass is 10.2. The van der Waals surface area contributed by atoms with E-state index < -0.39 is 22.2 Å². The molecule has 0 radical (unpaired) electrons. The van der Waals surface area contributed by atoms with E-state index in [9.17, 15) is 22.5 Å². The zero-order chi connectivity index (χ0) is 22.2. The molecule has 4 rings (SSSR count). The maximum atomic E-state index is 12.7. The van der Waals surface area contributed by atoms with Gasteiger partial charge in [0.1, 0.15) is 29.0 Å². The van der Waals surface area contributed by atoms with Crippen LogP contribution in [0.1, 0.15) is 24.0 Å². The van der Waals surface area contributed by atoms with Crippen LogP contribution in [-0.2, 0) is 15.6 Å². The SMILES string of the molecule is CS(=O)(=O)Cc1cc(Nc2cc(NC3CC3)n3ncc(C#N)c3n2)ccc1OC(F)F. The molecule has 12 heteroatoms. The molecule has 1 aliphatic rings. The zero-order valence-corrected chi connectivity index (χ0v) is 17.2. The van der Waals surface area contributed by atoms with E-state index in [1.54, 1.807) is 6.07 Å². The Labute approximate surface area is 176 Å². The number of aromatic nitrogens is 3. The highest BCUT2D eigenvalue weighted by Crippen LogP contribution is 2.30. The summed E-state index contributed by atoms with van der Waals surface area (Å²) in [5, 5.41) is 19.9. The van der Waals surface area contributed by atoms with Crippen molar-refractivity contribution in [2.75, 3.05) is 16.9 Å². The topological polar surface area (TPSA) is 121 Å². The van der Waals surface area contributed by atoms with Crippen LogP contribution < -0.4 is 15.4 Å². The number of fused-ring (bicyclic) bond motifs is 1. The van der Waals surface area contributed by atoms with Gasteiger partial charge in [0.25, 0.3) is 0 Å². The third-order valence-corrected chi connectivity index (χ3v) is 5.32. The van der Waals surface area contributed by atoms with Gasteiger partial charge in [-0.15, -0.1) is 0 Å². The van der Waals surface area contributed by atoms with Crippen molar-refractivity contribution in [1.29, 1.82) is 5.26 Å². The second-order valence-electron chi connectivity index (χ2n) is 7.25. The number of alkyl halides is 2. The molecule has 0 bridgehead atoms. The van der Waals surface area contributed by atoms with Crippen molar-refractivity contribution in [3.8, 4) is 11.8 Å². The fourth-order valence-electron chi connectivity index (χ4n) is 3.06. The van der Waals surface area contributed by atoms with Crippen LogP contribution in [0.25, 0.3) is 5.65 Å². The number of anilines is 3. The van der Waals surface area contributed by atoms with E-state index in [1.165, 1.54) is 28.9 Å². The molecule has 0 unspecified atom stereocenters. The van der Waals surface area contributed by atoms with Crippen LogP contribution in [0.3, 0.4) is 0 Å². The number of ether oxygens (including phenoxy) is 1. The normalized spacial score (nSPS) is 13.9. The second-order valence-corrected chi connectivity index (χ2v) is 9.39. The van der Waals surface area contributed by atoms with E-state index in [0.29, 0.717) is 34.6 Å². The minimum Gasteiger partial charge on any atom is -0.435 e. The number of hydrogen-bond donors (Lipinski definition) is 2. The Hall–Kier alpha value is -3.46. The van der Waals surface area contributed by atoms with Gasteiger partial charge in [0.2, 0.25) is 0 Å². The number of nitrogens with zero attached hydrogens (tertiary/aromatic N) is 4. The van der Waals surface area contributed by atoms with Gasteiger partial charge in [-0.25, -0.2) is 13.4 Å². The average molecular weight is 448 g/mol. The highest BCUT2D eigenvalue weighted by molar-refractivity contribution is 7.89. The molecule has 1 aromatic carbocycles. The largest absolute Gasteiger partial charge is 0.435 e. The number of hydrogen-bond acceptors (Lipinski definition) is 8. The summed E-state index contributed by atoms with van der Waals surface area (Å²) in [7, 11) is -3.49. The predicted molar refractivity (Wildman–Crippen MR) is 109 cm³/mol. The van der Waals surface area contributed by atoms with Gasteiger partial charge in [-0.2, -0.15) is 23.7 Å². The Balaban J connectivity index is 1.71. The van der Waals surface area contributed by atoms with Crippen molar-refractivity contribution < 1.29 is 21.9 Å². The van der Waals surface area contributed by atoms with Crippen molar-refractivity contribution in [3.63, 3.8) is 0 Å². The first-order chi connectivity index (χ1) is 14.7. The standard InChI is InChI=1S/C19H18F2N6O3S/c1-31(28,29)10-11-6-14(4-5-15(11)30-19(20)21)24-16-7-17(25-13-2-3-13)27-18(26-16)12(8-22)9-23-27/h4-7,9,13,19,25H,2-3,10H2,1H3,(H,24,26). The van der Waals surface area contributed by atoms with E-state index in [1.807, 2.05) is 6.07 Å². The summed E-state index contributed by atoms with van der Waals surface area (Å²) in [6.07, 6.45) is 4.48. The molecular weight excluding hydrogens is 430 g/mol.